The second kappa shape index (κ2) is 5.09. The highest BCUT2D eigenvalue weighted by Crippen LogP contribution is 2.24. The number of aromatic nitrogens is 2. The lowest BCUT2D eigenvalue weighted by Crippen LogP contribution is -1.99. The van der Waals surface area contributed by atoms with Gasteiger partial charge in [-0.05, 0) is 13.3 Å². The normalized spacial score (nSPS) is 11.1. The van der Waals surface area contributed by atoms with Gasteiger partial charge in [0.15, 0.2) is 4.96 Å². The van der Waals surface area contributed by atoms with Crippen LogP contribution in [0.4, 0.5) is 0 Å². The van der Waals surface area contributed by atoms with Gasteiger partial charge in [0.1, 0.15) is 0 Å². The highest BCUT2D eigenvalue weighted by atomic mass is 32.1. The molecule has 0 aliphatic rings. The molecule has 1 N–H and O–H groups in total. The SMILES string of the molecule is Cc1ccc(-c2cn3c(CCC(=O)O)csc3n2)cc1. The molecule has 0 aliphatic carbocycles. The summed E-state index contributed by atoms with van der Waals surface area (Å²) in [5.41, 5.74) is 4.22. The Morgan fingerprint density at radius 2 is 2.10 bits per heavy atom. The Morgan fingerprint density at radius 1 is 1.35 bits per heavy atom. The van der Waals surface area contributed by atoms with Crippen molar-refractivity contribution >= 4 is 22.3 Å². The molecule has 0 fully saturated rings. The number of hydrogen-bond acceptors (Lipinski definition) is 3. The Morgan fingerprint density at radius 3 is 2.80 bits per heavy atom. The Bertz CT molecular complexity index is 756. The number of hydrogen-bond donors (Lipinski definition) is 1. The topological polar surface area (TPSA) is 54.6 Å². The zero-order chi connectivity index (χ0) is 14.1. The van der Waals surface area contributed by atoms with Gasteiger partial charge in [-0.2, -0.15) is 0 Å². The van der Waals surface area contributed by atoms with Crippen LogP contribution in [0, 0.1) is 6.92 Å². The second-order valence-corrected chi connectivity index (χ2v) is 5.60. The van der Waals surface area contributed by atoms with Gasteiger partial charge in [0.2, 0.25) is 0 Å². The average Bonchev–Trinajstić information content (AvgIpc) is 2.97. The maximum Gasteiger partial charge on any atom is 0.303 e. The largest absolute Gasteiger partial charge is 0.481 e. The van der Waals surface area contributed by atoms with Gasteiger partial charge in [-0.3, -0.25) is 9.20 Å². The first-order valence-electron chi connectivity index (χ1n) is 6.38. The van der Waals surface area contributed by atoms with Crippen LogP contribution in [0.25, 0.3) is 16.2 Å². The Kier molecular flexibility index (Phi) is 3.28. The van der Waals surface area contributed by atoms with Gasteiger partial charge in [-0.25, -0.2) is 4.98 Å². The Labute approximate surface area is 120 Å². The van der Waals surface area contributed by atoms with E-state index >= 15 is 0 Å². The van der Waals surface area contributed by atoms with Crippen LogP contribution in [0.1, 0.15) is 17.7 Å². The number of nitrogens with zero attached hydrogens (tertiary/aromatic N) is 2. The highest BCUT2D eigenvalue weighted by Gasteiger charge is 2.10. The number of aliphatic carboxylic acids is 1. The molecule has 0 bridgehead atoms. The summed E-state index contributed by atoms with van der Waals surface area (Å²) < 4.78 is 1.99. The Hall–Kier alpha value is -2.14. The van der Waals surface area contributed by atoms with Crippen molar-refractivity contribution in [1.82, 2.24) is 9.38 Å². The minimum absolute atomic E-state index is 0.143. The molecule has 3 aromatic rings. The summed E-state index contributed by atoms with van der Waals surface area (Å²) in [7, 11) is 0. The number of carboxylic acid groups (broad SMARTS) is 1. The van der Waals surface area contributed by atoms with Crippen LogP contribution in [0.15, 0.2) is 35.8 Å². The van der Waals surface area contributed by atoms with Gasteiger partial charge in [0.25, 0.3) is 0 Å². The summed E-state index contributed by atoms with van der Waals surface area (Å²) in [6.07, 6.45) is 2.65. The first-order valence-corrected chi connectivity index (χ1v) is 7.26. The molecule has 0 amide bonds. The molecule has 1 aromatic carbocycles. The average molecular weight is 286 g/mol. The lowest BCUT2D eigenvalue weighted by molar-refractivity contribution is -0.136. The van der Waals surface area contributed by atoms with E-state index < -0.39 is 5.97 Å². The second-order valence-electron chi connectivity index (χ2n) is 4.77. The molecular weight excluding hydrogens is 272 g/mol. The summed E-state index contributed by atoms with van der Waals surface area (Å²) in [5, 5.41) is 10.7. The van der Waals surface area contributed by atoms with E-state index in [1.54, 1.807) is 11.3 Å². The van der Waals surface area contributed by atoms with Gasteiger partial charge in [0.05, 0.1) is 12.1 Å². The van der Waals surface area contributed by atoms with Gasteiger partial charge in [-0.1, -0.05) is 29.8 Å². The third kappa shape index (κ3) is 2.44. The van der Waals surface area contributed by atoms with E-state index in [1.165, 1.54) is 5.56 Å². The van der Waals surface area contributed by atoms with Crippen LogP contribution in [0.2, 0.25) is 0 Å². The van der Waals surface area contributed by atoms with Crippen LogP contribution in [-0.2, 0) is 11.2 Å². The minimum atomic E-state index is -0.775. The van der Waals surface area contributed by atoms with Crippen LogP contribution >= 0.6 is 11.3 Å². The number of fused-ring (bicyclic) bond motifs is 1. The van der Waals surface area contributed by atoms with Crippen molar-refractivity contribution in [2.75, 3.05) is 0 Å². The number of rotatable bonds is 4. The number of carboxylic acids is 1. The van der Waals surface area contributed by atoms with Crippen molar-refractivity contribution in [3.05, 3.63) is 47.1 Å². The summed E-state index contributed by atoms with van der Waals surface area (Å²) in [6.45, 7) is 2.06. The molecule has 0 radical (unpaired) electrons. The van der Waals surface area contributed by atoms with E-state index in [1.807, 2.05) is 16.0 Å². The lowest BCUT2D eigenvalue weighted by Gasteiger charge is -1.97. The Balaban J connectivity index is 1.94. The van der Waals surface area contributed by atoms with Crippen molar-refractivity contribution in [1.29, 1.82) is 0 Å². The predicted molar refractivity (Wildman–Crippen MR) is 79.2 cm³/mol. The van der Waals surface area contributed by atoms with Crippen LogP contribution in [0.5, 0.6) is 0 Å². The quantitative estimate of drug-likeness (QED) is 0.800. The number of imidazole rings is 1. The van der Waals surface area contributed by atoms with E-state index in [0.29, 0.717) is 6.42 Å². The van der Waals surface area contributed by atoms with E-state index in [2.05, 4.69) is 36.2 Å². The lowest BCUT2D eigenvalue weighted by atomic mass is 10.1. The zero-order valence-electron chi connectivity index (χ0n) is 11.0. The monoisotopic (exact) mass is 286 g/mol. The molecule has 0 spiro atoms. The van der Waals surface area contributed by atoms with E-state index in [0.717, 1.165) is 21.9 Å². The fraction of sp³-hybridized carbons (Fsp3) is 0.200. The standard InChI is InChI=1S/C15H14N2O2S/c1-10-2-4-11(5-3-10)13-8-17-12(6-7-14(18)19)9-20-15(17)16-13/h2-5,8-9H,6-7H2,1H3,(H,18,19). The third-order valence-corrected chi connectivity index (χ3v) is 4.11. The molecule has 0 atom stereocenters. The first kappa shape index (κ1) is 12.9. The van der Waals surface area contributed by atoms with Crippen molar-refractivity contribution < 1.29 is 9.90 Å². The molecule has 2 aromatic heterocycles. The van der Waals surface area contributed by atoms with Gasteiger partial charge in [-0.15, -0.1) is 11.3 Å². The molecule has 20 heavy (non-hydrogen) atoms. The summed E-state index contributed by atoms with van der Waals surface area (Å²) in [5.74, 6) is -0.775. The zero-order valence-corrected chi connectivity index (χ0v) is 11.9. The van der Waals surface area contributed by atoms with Crippen molar-refractivity contribution in [3.8, 4) is 11.3 Å². The highest BCUT2D eigenvalue weighted by molar-refractivity contribution is 7.15. The summed E-state index contributed by atoms with van der Waals surface area (Å²) >= 11 is 1.54. The third-order valence-electron chi connectivity index (χ3n) is 3.23. The number of benzene rings is 1. The minimum Gasteiger partial charge on any atom is -0.481 e. The van der Waals surface area contributed by atoms with Crippen LogP contribution < -0.4 is 0 Å². The number of thiazole rings is 1. The first-order chi connectivity index (χ1) is 9.63. The maximum atomic E-state index is 10.7. The van der Waals surface area contributed by atoms with E-state index in [4.69, 9.17) is 5.11 Å². The van der Waals surface area contributed by atoms with Crippen LogP contribution in [0.3, 0.4) is 0 Å². The van der Waals surface area contributed by atoms with Gasteiger partial charge >= 0.3 is 5.97 Å². The molecule has 0 unspecified atom stereocenters. The molecule has 4 nitrogen and oxygen atoms in total. The molecule has 0 aliphatic heterocycles. The molecule has 0 saturated heterocycles. The number of carbonyl (C=O) groups is 1. The molecule has 102 valence electrons. The smallest absolute Gasteiger partial charge is 0.303 e. The van der Waals surface area contributed by atoms with Crippen molar-refractivity contribution in [3.63, 3.8) is 0 Å². The van der Waals surface area contributed by atoms with E-state index in [9.17, 15) is 4.79 Å². The number of aryl methyl sites for hydroxylation is 2. The van der Waals surface area contributed by atoms with Crippen molar-refractivity contribution in [2.24, 2.45) is 0 Å². The van der Waals surface area contributed by atoms with Crippen LogP contribution in [-0.4, -0.2) is 20.5 Å². The summed E-state index contributed by atoms with van der Waals surface area (Å²) in [4.78, 5) is 16.2. The van der Waals surface area contributed by atoms with Gasteiger partial charge in [0, 0.05) is 22.8 Å². The molecular formula is C15H14N2O2S. The van der Waals surface area contributed by atoms with Crippen molar-refractivity contribution in [2.45, 2.75) is 19.8 Å². The van der Waals surface area contributed by atoms with Gasteiger partial charge < -0.3 is 5.11 Å². The van der Waals surface area contributed by atoms with E-state index in [-0.39, 0.29) is 6.42 Å². The molecule has 3 rings (SSSR count). The molecule has 2 heterocycles. The fourth-order valence-electron chi connectivity index (χ4n) is 2.11. The predicted octanol–water partition coefficient (Wildman–Crippen LogP) is 3.39. The summed E-state index contributed by atoms with van der Waals surface area (Å²) in [6, 6.07) is 8.24. The molecule has 0 saturated carbocycles. The fourth-order valence-corrected chi connectivity index (χ4v) is 3.01. The maximum absolute atomic E-state index is 10.7. The molecule has 5 heteroatoms.